The van der Waals surface area contributed by atoms with E-state index in [1.54, 1.807) is 0 Å². The van der Waals surface area contributed by atoms with Crippen LogP contribution in [0.25, 0.3) is 0 Å². The minimum atomic E-state index is -0.320. The summed E-state index contributed by atoms with van der Waals surface area (Å²) in [5, 5.41) is 7.85. The number of hydrogen-bond donors (Lipinski definition) is 1. The summed E-state index contributed by atoms with van der Waals surface area (Å²) < 4.78 is 1.84. The second-order valence-electron chi connectivity index (χ2n) is 8.03. The first-order valence-corrected chi connectivity index (χ1v) is 9.37. The number of hydrogen-bond acceptors (Lipinski definition) is 3. The van der Waals surface area contributed by atoms with E-state index in [1.807, 2.05) is 47.1 Å². The Balaban J connectivity index is 1.63. The molecule has 1 fully saturated rings. The van der Waals surface area contributed by atoms with Crippen LogP contribution in [0.1, 0.15) is 26.3 Å². The topological polar surface area (TPSA) is 50.2 Å². The highest BCUT2D eigenvalue weighted by Gasteiger charge is 2.67. The van der Waals surface area contributed by atoms with Gasteiger partial charge >= 0.3 is 0 Å². The molecule has 1 saturated carbocycles. The van der Waals surface area contributed by atoms with Gasteiger partial charge in [-0.15, -0.1) is 0 Å². The van der Waals surface area contributed by atoms with Crippen molar-refractivity contribution in [3.05, 3.63) is 47.7 Å². The molecule has 134 valence electrons. The number of benzene rings is 1. The van der Waals surface area contributed by atoms with E-state index in [-0.39, 0.29) is 11.3 Å². The molecule has 26 heavy (non-hydrogen) atoms. The maximum atomic E-state index is 13.9. The quantitative estimate of drug-likeness (QED) is 0.796. The average Bonchev–Trinajstić information content (AvgIpc) is 2.88. The maximum absolute atomic E-state index is 13.9. The van der Waals surface area contributed by atoms with Gasteiger partial charge in [0.15, 0.2) is 0 Å². The Morgan fingerprint density at radius 2 is 2.04 bits per heavy atom. The summed E-state index contributed by atoms with van der Waals surface area (Å²) in [5.74, 6) is 2.37. The largest absolute Gasteiger partial charge is 0.338 e. The van der Waals surface area contributed by atoms with Crippen LogP contribution in [0.2, 0.25) is 0 Å². The normalized spacial score (nSPS) is 31.3. The van der Waals surface area contributed by atoms with Crippen LogP contribution >= 0.6 is 0 Å². The van der Waals surface area contributed by atoms with Crippen LogP contribution in [0, 0.1) is 23.2 Å². The predicted octanol–water partition coefficient (Wildman–Crippen LogP) is 3.86. The van der Waals surface area contributed by atoms with Gasteiger partial charge in [-0.2, -0.15) is 5.10 Å². The monoisotopic (exact) mass is 348 g/mol. The van der Waals surface area contributed by atoms with Crippen LogP contribution in [0.15, 0.2) is 42.1 Å². The molecule has 0 bridgehead atoms. The van der Waals surface area contributed by atoms with Gasteiger partial charge < -0.3 is 10.2 Å². The molecule has 1 aromatic heterocycles. The third-order valence-corrected chi connectivity index (χ3v) is 6.97. The molecule has 2 aromatic rings. The van der Waals surface area contributed by atoms with Crippen LogP contribution in [0.4, 0.5) is 17.2 Å². The van der Waals surface area contributed by atoms with Crippen molar-refractivity contribution in [2.45, 2.75) is 27.3 Å². The van der Waals surface area contributed by atoms with Gasteiger partial charge in [0.05, 0.1) is 29.5 Å². The van der Waals surface area contributed by atoms with Gasteiger partial charge in [-0.1, -0.05) is 44.6 Å². The number of anilines is 3. The molecule has 0 saturated heterocycles. The number of fused-ring (bicyclic) bond motifs is 3. The van der Waals surface area contributed by atoms with E-state index in [0.717, 1.165) is 22.8 Å². The molecular formula is C21H24N4O. The number of para-hydroxylation sites is 2. The summed E-state index contributed by atoms with van der Waals surface area (Å²) in [6.45, 7) is 7.20. The summed E-state index contributed by atoms with van der Waals surface area (Å²) in [7, 11) is 1.93. The Morgan fingerprint density at radius 1 is 1.27 bits per heavy atom. The molecule has 5 heteroatoms. The summed E-state index contributed by atoms with van der Waals surface area (Å²) in [5.41, 5.74) is 3.97. The number of aromatic nitrogens is 2. The van der Waals surface area contributed by atoms with Gasteiger partial charge in [0.1, 0.15) is 5.82 Å². The number of aryl methyl sites for hydroxylation is 1. The van der Waals surface area contributed by atoms with Gasteiger partial charge in [0, 0.05) is 12.6 Å². The molecule has 0 radical (unpaired) electrons. The SMILES string of the molecule is CC1C2=CC(C)C2(C(=O)N2Cc3cnn(C)c3Nc3ccccc32)C1C. The molecule has 4 atom stereocenters. The molecule has 1 amide bonds. The minimum Gasteiger partial charge on any atom is -0.338 e. The average molecular weight is 348 g/mol. The molecule has 4 unspecified atom stereocenters. The highest BCUT2D eigenvalue weighted by Crippen LogP contribution is 2.67. The Kier molecular flexibility index (Phi) is 3.01. The van der Waals surface area contributed by atoms with Gasteiger partial charge in [-0.3, -0.25) is 9.48 Å². The first-order valence-electron chi connectivity index (χ1n) is 9.37. The van der Waals surface area contributed by atoms with Crippen molar-refractivity contribution in [3.8, 4) is 0 Å². The zero-order chi connectivity index (χ0) is 18.2. The number of carbonyl (C=O) groups is 1. The summed E-state index contributed by atoms with van der Waals surface area (Å²) in [4.78, 5) is 15.9. The molecule has 2 aliphatic carbocycles. The molecule has 1 aliphatic heterocycles. The Labute approximate surface area is 153 Å². The van der Waals surface area contributed by atoms with Crippen molar-refractivity contribution in [3.63, 3.8) is 0 Å². The third-order valence-electron chi connectivity index (χ3n) is 6.97. The highest BCUT2D eigenvalue weighted by molar-refractivity contribution is 6.05. The molecule has 2 heterocycles. The Hall–Kier alpha value is -2.56. The molecule has 5 rings (SSSR count). The lowest BCUT2D eigenvalue weighted by Gasteiger charge is -2.63. The number of nitrogens with zero attached hydrogens (tertiary/aromatic N) is 3. The number of nitrogens with one attached hydrogen (secondary N) is 1. The standard InChI is InChI=1S/C21H24N4O/c1-12-9-16-13(2)14(3)21(12,16)20(26)25-11-15-10-22-24(4)19(15)23-17-7-5-6-8-18(17)25/h5-10,12-14,23H,11H2,1-4H3. The Morgan fingerprint density at radius 3 is 2.77 bits per heavy atom. The van der Waals surface area contributed by atoms with E-state index in [0.29, 0.717) is 24.3 Å². The van der Waals surface area contributed by atoms with E-state index in [2.05, 4.69) is 37.3 Å². The molecule has 1 N–H and O–H groups in total. The van der Waals surface area contributed by atoms with Gasteiger partial charge in [0.25, 0.3) is 0 Å². The number of rotatable bonds is 1. The molecule has 5 nitrogen and oxygen atoms in total. The lowest BCUT2D eigenvalue weighted by Crippen LogP contribution is -2.65. The fourth-order valence-electron chi connectivity index (χ4n) is 5.35. The van der Waals surface area contributed by atoms with Gasteiger partial charge in [-0.25, -0.2) is 0 Å². The van der Waals surface area contributed by atoms with Crippen LogP contribution in [-0.4, -0.2) is 15.7 Å². The van der Waals surface area contributed by atoms with E-state index < -0.39 is 0 Å². The molecule has 3 aliphatic rings. The summed E-state index contributed by atoms with van der Waals surface area (Å²) >= 11 is 0. The van der Waals surface area contributed by atoms with Crippen molar-refractivity contribution in [2.24, 2.45) is 30.2 Å². The maximum Gasteiger partial charge on any atom is 0.238 e. The van der Waals surface area contributed by atoms with Crippen molar-refractivity contribution >= 4 is 23.1 Å². The third kappa shape index (κ3) is 1.66. The zero-order valence-electron chi connectivity index (χ0n) is 15.7. The van der Waals surface area contributed by atoms with Crippen LogP contribution in [0.3, 0.4) is 0 Å². The van der Waals surface area contributed by atoms with Crippen molar-refractivity contribution < 1.29 is 4.79 Å². The highest BCUT2D eigenvalue weighted by atomic mass is 16.2. The molecular weight excluding hydrogens is 324 g/mol. The van der Waals surface area contributed by atoms with E-state index >= 15 is 0 Å². The van der Waals surface area contributed by atoms with Crippen molar-refractivity contribution in [2.75, 3.05) is 10.2 Å². The second-order valence-corrected chi connectivity index (χ2v) is 8.03. The van der Waals surface area contributed by atoms with E-state index in [1.165, 1.54) is 5.57 Å². The number of allylic oxidation sites excluding steroid dienone is 1. The number of amides is 1. The zero-order valence-corrected chi connectivity index (χ0v) is 15.7. The van der Waals surface area contributed by atoms with Gasteiger partial charge in [-0.05, 0) is 29.9 Å². The fourth-order valence-corrected chi connectivity index (χ4v) is 5.35. The smallest absolute Gasteiger partial charge is 0.238 e. The van der Waals surface area contributed by atoms with Crippen molar-refractivity contribution in [1.82, 2.24) is 9.78 Å². The van der Waals surface area contributed by atoms with Gasteiger partial charge in [0.2, 0.25) is 5.91 Å². The lowest BCUT2D eigenvalue weighted by atomic mass is 9.40. The predicted molar refractivity (Wildman–Crippen MR) is 102 cm³/mol. The van der Waals surface area contributed by atoms with Crippen LogP contribution in [0.5, 0.6) is 0 Å². The van der Waals surface area contributed by atoms with Crippen LogP contribution in [-0.2, 0) is 18.4 Å². The summed E-state index contributed by atoms with van der Waals surface area (Å²) in [6, 6.07) is 8.07. The van der Waals surface area contributed by atoms with Crippen LogP contribution < -0.4 is 10.2 Å². The fraction of sp³-hybridized carbons (Fsp3) is 0.429. The Bertz CT molecular complexity index is 959. The first-order chi connectivity index (χ1) is 12.5. The first kappa shape index (κ1) is 15.7. The minimum absolute atomic E-state index is 0.235. The molecule has 1 aromatic carbocycles. The van der Waals surface area contributed by atoms with Crippen molar-refractivity contribution in [1.29, 1.82) is 0 Å². The summed E-state index contributed by atoms with van der Waals surface area (Å²) in [6.07, 6.45) is 4.15. The number of carbonyl (C=O) groups excluding carboxylic acids is 1. The van der Waals surface area contributed by atoms with E-state index in [4.69, 9.17) is 0 Å². The second kappa shape index (κ2) is 5.00. The van der Waals surface area contributed by atoms with E-state index in [9.17, 15) is 4.79 Å². The molecule has 0 spiro atoms. The lowest BCUT2D eigenvalue weighted by molar-refractivity contribution is -0.141.